The SMILES string of the molecule is CON(C)C(=O)CCC/C=C/[N+](=N)[O-]. The number of unbranched alkanes of at least 4 members (excludes halogenated alkanes) is 1. The van der Waals surface area contributed by atoms with Crippen LogP contribution >= 0.6 is 0 Å². The predicted octanol–water partition coefficient (Wildman–Crippen LogP) is 1.23. The maximum atomic E-state index is 11.1. The molecule has 0 aromatic rings. The van der Waals surface area contributed by atoms with Gasteiger partial charge in [0.15, 0.2) is 0 Å². The third-order valence-electron chi connectivity index (χ3n) is 1.63. The minimum absolute atomic E-state index is 0.0247. The largest absolute Gasteiger partial charge is 0.595 e. The van der Waals surface area contributed by atoms with Crippen LogP contribution in [-0.4, -0.2) is 30.0 Å². The van der Waals surface area contributed by atoms with Crippen LogP contribution in [0.3, 0.4) is 0 Å². The van der Waals surface area contributed by atoms with Gasteiger partial charge in [-0.15, -0.1) is 0 Å². The molecule has 0 atom stereocenters. The Bertz CT molecular complexity index is 228. The fourth-order valence-electron chi connectivity index (χ4n) is 0.801. The molecule has 14 heavy (non-hydrogen) atoms. The monoisotopic (exact) mass is 201 g/mol. The lowest BCUT2D eigenvalue weighted by Gasteiger charge is -2.12. The molecule has 0 rings (SSSR count). The van der Waals surface area contributed by atoms with E-state index in [-0.39, 0.29) is 10.8 Å². The number of hydrogen-bond donors (Lipinski definition) is 1. The Morgan fingerprint density at radius 3 is 2.86 bits per heavy atom. The van der Waals surface area contributed by atoms with Gasteiger partial charge in [0.25, 0.3) is 0 Å². The Morgan fingerprint density at radius 2 is 2.36 bits per heavy atom. The van der Waals surface area contributed by atoms with Gasteiger partial charge < -0.3 is 5.21 Å². The number of hydroxylamine groups is 3. The lowest BCUT2D eigenvalue weighted by atomic mass is 10.2. The van der Waals surface area contributed by atoms with Gasteiger partial charge >= 0.3 is 0 Å². The summed E-state index contributed by atoms with van der Waals surface area (Å²) in [7, 11) is 2.97. The van der Waals surface area contributed by atoms with Crippen molar-refractivity contribution in [3.05, 3.63) is 17.5 Å². The van der Waals surface area contributed by atoms with Gasteiger partial charge in [-0.25, -0.2) is 5.06 Å². The number of amides is 1. The summed E-state index contributed by atoms with van der Waals surface area (Å²) in [5.41, 5.74) is 6.49. The first kappa shape index (κ1) is 12.6. The van der Waals surface area contributed by atoms with E-state index in [1.54, 1.807) is 13.1 Å². The van der Waals surface area contributed by atoms with Crippen LogP contribution in [-0.2, 0) is 9.63 Å². The highest BCUT2D eigenvalue weighted by Crippen LogP contribution is 2.00. The first-order chi connectivity index (χ1) is 6.57. The van der Waals surface area contributed by atoms with Gasteiger partial charge in [-0.2, -0.15) is 0 Å². The molecule has 6 nitrogen and oxygen atoms in total. The minimum atomic E-state index is -0.106. The van der Waals surface area contributed by atoms with Crippen molar-refractivity contribution in [3.8, 4) is 0 Å². The van der Waals surface area contributed by atoms with Crippen molar-refractivity contribution >= 4 is 5.91 Å². The first-order valence-corrected chi connectivity index (χ1v) is 4.23. The molecule has 0 bridgehead atoms. The van der Waals surface area contributed by atoms with Crippen LogP contribution in [0, 0.1) is 10.7 Å². The van der Waals surface area contributed by atoms with E-state index in [4.69, 9.17) is 5.53 Å². The highest BCUT2D eigenvalue weighted by Gasteiger charge is 2.05. The van der Waals surface area contributed by atoms with E-state index in [2.05, 4.69) is 4.84 Å². The standard InChI is InChI=1S/C8H15N3O3/c1-10(14-2)8(12)6-4-3-5-7-11(9)13/h5,7,9H,3-4,6H2,1-2H3/b7-5+,11-9?. The first-order valence-electron chi connectivity index (χ1n) is 4.23. The van der Waals surface area contributed by atoms with E-state index in [1.807, 2.05) is 0 Å². The lowest BCUT2D eigenvalue weighted by molar-refractivity contribution is -0.482. The van der Waals surface area contributed by atoms with Crippen LogP contribution in [0.4, 0.5) is 0 Å². The molecule has 0 spiro atoms. The fraction of sp³-hybridized carbons (Fsp3) is 0.625. The molecule has 0 saturated carbocycles. The van der Waals surface area contributed by atoms with E-state index >= 15 is 0 Å². The summed E-state index contributed by atoms with van der Waals surface area (Å²) in [5, 5.41) is 11.3. The van der Waals surface area contributed by atoms with Crippen LogP contribution in [0.15, 0.2) is 12.3 Å². The third-order valence-corrected chi connectivity index (χ3v) is 1.63. The molecule has 1 N–H and O–H groups in total. The summed E-state index contributed by atoms with van der Waals surface area (Å²) in [5.74, 6) is -0.106. The maximum absolute atomic E-state index is 11.1. The zero-order valence-electron chi connectivity index (χ0n) is 8.40. The molecule has 0 radical (unpaired) electrons. The third kappa shape index (κ3) is 6.13. The summed E-state index contributed by atoms with van der Waals surface area (Å²) in [6, 6.07) is 0. The molecular formula is C8H15N3O3. The smallest absolute Gasteiger partial charge is 0.245 e. The molecule has 0 saturated heterocycles. The van der Waals surface area contributed by atoms with Crippen molar-refractivity contribution in [1.29, 1.82) is 5.53 Å². The van der Waals surface area contributed by atoms with E-state index in [0.717, 1.165) is 11.3 Å². The molecule has 0 unspecified atom stereocenters. The molecule has 0 aliphatic heterocycles. The Kier molecular flexibility index (Phi) is 6.30. The molecule has 0 aliphatic carbocycles. The number of allylic oxidation sites excluding steroid dienone is 1. The molecule has 0 aliphatic rings. The molecular weight excluding hydrogens is 186 g/mol. The molecule has 0 fully saturated rings. The Hall–Kier alpha value is -1.43. The van der Waals surface area contributed by atoms with Crippen molar-refractivity contribution in [1.82, 2.24) is 5.06 Å². The van der Waals surface area contributed by atoms with Crippen LogP contribution in [0.25, 0.3) is 0 Å². The fourth-order valence-corrected chi connectivity index (χ4v) is 0.801. The van der Waals surface area contributed by atoms with Gasteiger partial charge in [0.05, 0.1) is 7.11 Å². The van der Waals surface area contributed by atoms with Gasteiger partial charge in [0, 0.05) is 13.5 Å². The van der Waals surface area contributed by atoms with E-state index in [9.17, 15) is 10.0 Å². The van der Waals surface area contributed by atoms with Crippen molar-refractivity contribution in [2.45, 2.75) is 19.3 Å². The van der Waals surface area contributed by atoms with E-state index in [0.29, 0.717) is 19.3 Å². The average molecular weight is 201 g/mol. The van der Waals surface area contributed by atoms with Crippen molar-refractivity contribution in [2.24, 2.45) is 0 Å². The van der Waals surface area contributed by atoms with Crippen molar-refractivity contribution in [2.75, 3.05) is 14.2 Å². The maximum Gasteiger partial charge on any atom is 0.245 e. The summed E-state index contributed by atoms with van der Waals surface area (Å²) in [6.45, 7) is 0. The highest BCUT2D eigenvalue weighted by molar-refractivity contribution is 5.74. The summed E-state index contributed by atoms with van der Waals surface area (Å²) in [4.78, 5) is 15.8. The minimum Gasteiger partial charge on any atom is -0.595 e. The summed E-state index contributed by atoms with van der Waals surface area (Å²) < 4.78 is 0. The zero-order valence-corrected chi connectivity index (χ0v) is 8.40. The van der Waals surface area contributed by atoms with E-state index < -0.39 is 0 Å². The Morgan fingerprint density at radius 1 is 1.71 bits per heavy atom. The molecule has 1 amide bonds. The van der Waals surface area contributed by atoms with Gasteiger partial charge in [-0.05, 0) is 24.4 Å². The number of nitrogens with one attached hydrogen (secondary N) is 1. The average Bonchev–Trinajstić information content (AvgIpc) is 2.15. The van der Waals surface area contributed by atoms with Crippen molar-refractivity contribution < 1.29 is 14.5 Å². The molecule has 6 heteroatoms. The lowest BCUT2D eigenvalue weighted by Crippen LogP contribution is -2.24. The van der Waals surface area contributed by atoms with Crippen LogP contribution in [0.5, 0.6) is 0 Å². The molecule has 0 aromatic carbocycles. The van der Waals surface area contributed by atoms with E-state index in [1.165, 1.54) is 7.11 Å². The zero-order chi connectivity index (χ0) is 11.0. The molecule has 0 heterocycles. The predicted molar refractivity (Wildman–Crippen MR) is 49.1 cm³/mol. The normalized spacial score (nSPS) is 10.4. The highest BCUT2D eigenvalue weighted by atomic mass is 16.7. The number of hydrogen-bond acceptors (Lipinski definition) is 4. The van der Waals surface area contributed by atoms with Crippen molar-refractivity contribution in [3.63, 3.8) is 0 Å². The molecule has 0 aromatic heterocycles. The summed E-state index contributed by atoms with van der Waals surface area (Å²) >= 11 is 0. The topological polar surface area (TPSA) is 79.5 Å². The van der Waals surface area contributed by atoms with Gasteiger partial charge in [-0.3, -0.25) is 9.63 Å². The van der Waals surface area contributed by atoms with Crippen LogP contribution in [0.2, 0.25) is 0 Å². The Balaban J connectivity index is 3.55. The summed E-state index contributed by atoms with van der Waals surface area (Å²) in [6.07, 6.45) is 4.26. The van der Waals surface area contributed by atoms with Crippen LogP contribution in [0.1, 0.15) is 19.3 Å². The van der Waals surface area contributed by atoms with Crippen LogP contribution < -0.4 is 0 Å². The van der Waals surface area contributed by atoms with Gasteiger partial charge in [-0.1, -0.05) is 4.86 Å². The number of carbonyl (C=O) groups excluding carboxylic acids is 1. The van der Waals surface area contributed by atoms with Gasteiger partial charge in [0.2, 0.25) is 12.1 Å². The van der Waals surface area contributed by atoms with Gasteiger partial charge in [0.1, 0.15) is 0 Å². The second-order valence-corrected chi connectivity index (χ2v) is 2.68. The quantitative estimate of drug-likeness (QED) is 0.304. The Labute approximate surface area is 82.8 Å². The second-order valence-electron chi connectivity index (χ2n) is 2.68. The number of rotatable bonds is 6. The second kappa shape index (κ2) is 7.02. The number of carbonyl (C=O) groups is 1. The number of nitrogens with zero attached hydrogens (tertiary/aromatic N) is 2. The molecule has 80 valence electrons.